The monoisotopic (exact) mass is 330 g/mol. The Hall–Kier alpha value is -1.80. The fourth-order valence-electron chi connectivity index (χ4n) is 3.57. The van der Waals surface area contributed by atoms with Crippen LogP contribution in [0, 0.1) is 0 Å². The summed E-state index contributed by atoms with van der Waals surface area (Å²) in [6.45, 7) is 7.58. The van der Waals surface area contributed by atoms with Crippen LogP contribution in [0.15, 0.2) is 12.4 Å². The summed E-state index contributed by atoms with van der Waals surface area (Å²) in [5, 5.41) is 16.7. The molecule has 4 rings (SSSR count). The normalized spacial score (nSPS) is 21.8. The van der Waals surface area contributed by atoms with Gasteiger partial charge in [0.1, 0.15) is 0 Å². The Bertz CT molecular complexity index is 673. The fourth-order valence-corrected chi connectivity index (χ4v) is 3.57. The molecule has 0 amide bonds. The number of aryl methyl sites for hydroxylation is 1. The van der Waals surface area contributed by atoms with E-state index in [0.29, 0.717) is 6.04 Å². The van der Waals surface area contributed by atoms with E-state index in [4.69, 9.17) is 0 Å². The predicted molar refractivity (Wildman–Crippen MR) is 89.2 cm³/mol. The molecule has 1 saturated carbocycles. The quantitative estimate of drug-likeness (QED) is 0.815. The van der Waals surface area contributed by atoms with E-state index in [9.17, 15) is 0 Å². The fraction of sp³-hybridized carbons (Fsp3) is 0.750. The molecule has 1 aliphatic heterocycles. The van der Waals surface area contributed by atoms with Crippen molar-refractivity contribution < 1.29 is 0 Å². The number of hydrogen-bond acceptors (Lipinski definition) is 6. The SMILES string of the molecule is C[C@@H](c1nnnn1C1CC1)N1CCCN(Cc2cnn(C)c2)CC1. The number of nitrogens with zero attached hydrogens (tertiary/aromatic N) is 8. The summed E-state index contributed by atoms with van der Waals surface area (Å²) in [5.41, 5.74) is 1.29. The van der Waals surface area contributed by atoms with Gasteiger partial charge in [-0.3, -0.25) is 14.5 Å². The number of aromatic nitrogens is 6. The zero-order valence-electron chi connectivity index (χ0n) is 14.5. The number of hydrogen-bond donors (Lipinski definition) is 0. The maximum Gasteiger partial charge on any atom is 0.168 e. The van der Waals surface area contributed by atoms with Crippen molar-refractivity contribution in [2.45, 2.75) is 44.8 Å². The molecule has 2 aliphatic rings. The summed E-state index contributed by atoms with van der Waals surface area (Å²) >= 11 is 0. The first-order valence-electron chi connectivity index (χ1n) is 8.92. The Kier molecular flexibility index (Phi) is 4.32. The molecule has 0 unspecified atom stereocenters. The molecule has 0 aromatic carbocycles. The van der Waals surface area contributed by atoms with E-state index in [1.807, 2.05) is 22.6 Å². The van der Waals surface area contributed by atoms with Crippen molar-refractivity contribution >= 4 is 0 Å². The molecule has 1 aliphatic carbocycles. The summed E-state index contributed by atoms with van der Waals surface area (Å²) in [6, 6.07) is 0.811. The van der Waals surface area contributed by atoms with Gasteiger partial charge in [-0.2, -0.15) is 5.10 Å². The van der Waals surface area contributed by atoms with Crippen molar-refractivity contribution in [3.05, 3.63) is 23.8 Å². The highest BCUT2D eigenvalue weighted by molar-refractivity contribution is 5.03. The van der Waals surface area contributed by atoms with Gasteiger partial charge in [0, 0.05) is 45.0 Å². The van der Waals surface area contributed by atoms with E-state index in [-0.39, 0.29) is 6.04 Å². The third-order valence-electron chi connectivity index (χ3n) is 5.12. The summed E-state index contributed by atoms with van der Waals surface area (Å²) in [7, 11) is 1.97. The van der Waals surface area contributed by atoms with Crippen molar-refractivity contribution in [1.82, 2.24) is 39.8 Å². The standard InChI is InChI=1S/C16H26N8/c1-13(16-18-19-20-24(16)15-4-5-15)23-7-3-6-22(8-9-23)12-14-10-17-21(2)11-14/h10-11,13,15H,3-9,12H2,1-2H3/t13-/m0/s1. The molecule has 130 valence electrons. The Balaban J connectivity index is 1.38. The topological polar surface area (TPSA) is 67.9 Å². The highest BCUT2D eigenvalue weighted by Crippen LogP contribution is 2.36. The lowest BCUT2D eigenvalue weighted by Gasteiger charge is -2.27. The van der Waals surface area contributed by atoms with E-state index < -0.39 is 0 Å². The minimum absolute atomic E-state index is 0.277. The van der Waals surface area contributed by atoms with Crippen molar-refractivity contribution in [3.63, 3.8) is 0 Å². The Labute approximate surface area is 142 Å². The lowest BCUT2D eigenvalue weighted by molar-refractivity contribution is 0.197. The molecule has 0 bridgehead atoms. The van der Waals surface area contributed by atoms with Crippen molar-refractivity contribution in [1.29, 1.82) is 0 Å². The molecule has 1 saturated heterocycles. The van der Waals surface area contributed by atoms with E-state index in [1.165, 1.54) is 24.8 Å². The van der Waals surface area contributed by atoms with Crippen molar-refractivity contribution in [2.24, 2.45) is 7.05 Å². The van der Waals surface area contributed by atoms with Gasteiger partial charge in [-0.1, -0.05) is 0 Å². The number of rotatable bonds is 5. The van der Waals surface area contributed by atoms with Gasteiger partial charge in [0.05, 0.1) is 18.3 Å². The smallest absolute Gasteiger partial charge is 0.168 e. The second kappa shape index (κ2) is 6.60. The molecule has 2 aromatic rings. The Morgan fingerprint density at radius 3 is 2.83 bits per heavy atom. The van der Waals surface area contributed by atoms with Gasteiger partial charge >= 0.3 is 0 Å². The minimum atomic E-state index is 0.277. The second-order valence-electron chi connectivity index (χ2n) is 7.08. The third kappa shape index (κ3) is 3.34. The zero-order valence-corrected chi connectivity index (χ0v) is 14.5. The first-order chi connectivity index (χ1) is 11.7. The van der Waals surface area contributed by atoms with Crippen molar-refractivity contribution in [3.8, 4) is 0 Å². The summed E-state index contributed by atoms with van der Waals surface area (Å²) in [4.78, 5) is 5.04. The summed E-state index contributed by atoms with van der Waals surface area (Å²) in [5.74, 6) is 1.03. The van der Waals surface area contributed by atoms with Crippen LogP contribution in [0.2, 0.25) is 0 Å². The first kappa shape index (κ1) is 15.7. The van der Waals surface area contributed by atoms with Crippen LogP contribution in [-0.2, 0) is 13.6 Å². The lowest BCUT2D eigenvalue weighted by atomic mass is 10.2. The third-order valence-corrected chi connectivity index (χ3v) is 5.12. The van der Waals surface area contributed by atoms with Crippen LogP contribution in [0.3, 0.4) is 0 Å². The largest absolute Gasteiger partial charge is 0.298 e. The molecule has 2 fully saturated rings. The summed E-state index contributed by atoms with van der Waals surface area (Å²) < 4.78 is 3.92. The van der Waals surface area contributed by atoms with Crippen LogP contribution >= 0.6 is 0 Å². The Morgan fingerprint density at radius 1 is 1.21 bits per heavy atom. The zero-order chi connectivity index (χ0) is 16.5. The van der Waals surface area contributed by atoms with E-state index >= 15 is 0 Å². The van der Waals surface area contributed by atoms with Gasteiger partial charge in [0.15, 0.2) is 5.82 Å². The molecule has 2 aromatic heterocycles. The van der Waals surface area contributed by atoms with Crippen LogP contribution < -0.4 is 0 Å². The molecule has 3 heterocycles. The van der Waals surface area contributed by atoms with Gasteiger partial charge in [-0.05, 0) is 43.2 Å². The van der Waals surface area contributed by atoms with Crippen LogP contribution in [0.5, 0.6) is 0 Å². The van der Waals surface area contributed by atoms with Crippen LogP contribution in [0.25, 0.3) is 0 Å². The minimum Gasteiger partial charge on any atom is -0.298 e. The molecule has 8 nitrogen and oxygen atoms in total. The molecule has 0 spiro atoms. The second-order valence-corrected chi connectivity index (χ2v) is 7.08. The molecule has 0 radical (unpaired) electrons. The van der Waals surface area contributed by atoms with Crippen LogP contribution in [0.4, 0.5) is 0 Å². The van der Waals surface area contributed by atoms with Gasteiger partial charge in [0.25, 0.3) is 0 Å². The predicted octanol–water partition coefficient (Wildman–Crippen LogP) is 1.01. The van der Waals surface area contributed by atoms with E-state index in [0.717, 1.165) is 38.5 Å². The maximum atomic E-state index is 4.31. The first-order valence-corrected chi connectivity index (χ1v) is 8.92. The molecular weight excluding hydrogens is 304 g/mol. The van der Waals surface area contributed by atoms with Crippen LogP contribution in [-0.4, -0.2) is 66.0 Å². The average Bonchev–Trinajstić information content (AvgIpc) is 3.23. The van der Waals surface area contributed by atoms with E-state index in [2.05, 4.69) is 43.5 Å². The van der Waals surface area contributed by atoms with Gasteiger partial charge in [0.2, 0.25) is 0 Å². The highest BCUT2D eigenvalue weighted by atomic mass is 15.6. The van der Waals surface area contributed by atoms with Gasteiger partial charge in [-0.15, -0.1) is 5.10 Å². The van der Waals surface area contributed by atoms with Gasteiger partial charge in [-0.25, -0.2) is 4.68 Å². The Morgan fingerprint density at radius 2 is 2.08 bits per heavy atom. The summed E-state index contributed by atoms with van der Waals surface area (Å²) in [6.07, 6.45) is 7.67. The highest BCUT2D eigenvalue weighted by Gasteiger charge is 2.31. The molecular formula is C16H26N8. The van der Waals surface area contributed by atoms with Crippen LogP contribution in [0.1, 0.15) is 49.7 Å². The maximum absolute atomic E-state index is 4.31. The van der Waals surface area contributed by atoms with Crippen molar-refractivity contribution in [2.75, 3.05) is 26.2 Å². The molecule has 24 heavy (non-hydrogen) atoms. The molecule has 8 heteroatoms. The molecule has 1 atom stereocenters. The number of tetrazole rings is 1. The average molecular weight is 330 g/mol. The lowest BCUT2D eigenvalue weighted by Crippen LogP contribution is -2.33. The van der Waals surface area contributed by atoms with E-state index in [1.54, 1.807) is 0 Å². The van der Waals surface area contributed by atoms with Gasteiger partial charge < -0.3 is 0 Å². The molecule has 0 N–H and O–H groups in total.